The molecule has 1 heterocycles. The predicted octanol–water partition coefficient (Wildman–Crippen LogP) is 4.14. The van der Waals surface area contributed by atoms with E-state index in [9.17, 15) is 9.18 Å². The zero-order valence-electron chi connectivity index (χ0n) is 16.1. The maximum atomic E-state index is 13.5. The summed E-state index contributed by atoms with van der Waals surface area (Å²) in [6.45, 7) is 0. The number of carbonyl (C=O) groups excluding carboxylic acids is 1. The second-order valence-electron chi connectivity index (χ2n) is 7.06. The van der Waals surface area contributed by atoms with Crippen LogP contribution >= 0.6 is 0 Å². The maximum absolute atomic E-state index is 13.5. The maximum Gasteiger partial charge on any atom is 0.211 e. The first-order chi connectivity index (χ1) is 14.7. The van der Waals surface area contributed by atoms with Gasteiger partial charge in [0.2, 0.25) is 12.2 Å². The first kappa shape index (κ1) is 19.4. The van der Waals surface area contributed by atoms with E-state index in [0.29, 0.717) is 12.2 Å². The third kappa shape index (κ3) is 4.75. The van der Waals surface area contributed by atoms with E-state index in [4.69, 9.17) is 0 Å². The number of benzene rings is 3. The Hall–Kier alpha value is -3.87. The molecule has 1 atom stereocenters. The normalized spacial score (nSPS) is 11.8. The lowest BCUT2D eigenvalue weighted by atomic mass is 9.86. The van der Waals surface area contributed by atoms with Crippen LogP contribution in [0.3, 0.4) is 0 Å². The van der Waals surface area contributed by atoms with Crippen molar-refractivity contribution >= 4 is 12.1 Å². The Kier molecular flexibility index (Phi) is 5.89. The molecule has 150 valence electrons. The van der Waals surface area contributed by atoms with Crippen molar-refractivity contribution < 1.29 is 9.18 Å². The minimum atomic E-state index is -0.256. The van der Waals surface area contributed by atoms with Crippen molar-refractivity contribution in [3.05, 3.63) is 95.3 Å². The lowest BCUT2D eigenvalue weighted by Crippen LogP contribution is -2.08. The number of anilines is 1. The lowest BCUT2D eigenvalue weighted by Gasteiger charge is -2.19. The summed E-state index contributed by atoms with van der Waals surface area (Å²) in [4.78, 5) is 10.8. The second-order valence-corrected chi connectivity index (χ2v) is 7.06. The molecule has 6 nitrogen and oxygen atoms in total. The summed E-state index contributed by atoms with van der Waals surface area (Å²) >= 11 is 0. The number of hydrogen-bond donors (Lipinski definition) is 2. The molecule has 1 aromatic heterocycles. The van der Waals surface area contributed by atoms with E-state index in [1.54, 1.807) is 0 Å². The minimum Gasteiger partial charge on any atom is -0.329 e. The Morgan fingerprint density at radius 3 is 2.40 bits per heavy atom. The number of nitrogens with zero attached hydrogens (tertiary/aromatic N) is 3. The van der Waals surface area contributed by atoms with Crippen LogP contribution in [0.25, 0.3) is 11.4 Å². The van der Waals surface area contributed by atoms with Gasteiger partial charge in [-0.3, -0.25) is 4.79 Å². The van der Waals surface area contributed by atoms with Crippen LogP contribution in [0.1, 0.15) is 22.6 Å². The Bertz CT molecular complexity index is 1110. The highest BCUT2D eigenvalue weighted by Gasteiger charge is 2.15. The van der Waals surface area contributed by atoms with Crippen LogP contribution in [0, 0.1) is 5.82 Å². The van der Waals surface area contributed by atoms with Gasteiger partial charge in [-0.05, 0) is 71.0 Å². The molecule has 0 aliphatic heterocycles. The van der Waals surface area contributed by atoms with Gasteiger partial charge < -0.3 is 5.32 Å². The average Bonchev–Trinajstić information content (AvgIpc) is 3.30. The van der Waals surface area contributed by atoms with Gasteiger partial charge in [0.15, 0.2) is 0 Å². The number of aromatic nitrogens is 4. The van der Waals surface area contributed by atoms with E-state index >= 15 is 0 Å². The van der Waals surface area contributed by atoms with Gasteiger partial charge in [-0.1, -0.05) is 42.5 Å². The molecule has 4 rings (SSSR count). The minimum absolute atomic E-state index is 0.123. The van der Waals surface area contributed by atoms with Gasteiger partial charge >= 0.3 is 0 Å². The molecule has 0 saturated carbocycles. The van der Waals surface area contributed by atoms with Crippen molar-refractivity contribution in [1.29, 1.82) is 0 Å². The summed E-state index contributed by atoms with van der Waals surface area (Å²) in [5, 5.41) is 16.9. The molecular weight excluding hydrogens is 381 g/mol. The third-order valence-electron chi connectivity index (χ3n) is 4.99. The second kappa shape index (κ2) is 9.09. The van der Waals surface area contributed by atoms with Crippen molar-refractivity contribution in [1.82, 2.24) is 20.6 Å². The summed E-state index contributed by atoms with van der Waals surface area (Å²) in [5.41, 5.74) is 4.89. The Labute approximate surface area is 173 Å². The SMILES string of the molecule is O=CNc1cccc(CC(Cc2cccc(-c3nn[nH]n3)c2)c2ccc(F)cc2)c1. The van der Waals surface area contributed by atoms with Crippen LogP contribution < -0.4 is 5.32 Å². The summed E-state index contributed by atoms with van der Waals surface area (Å²) in [5.74, 6) is 0.411. The van der Waals surface area contributed by atoms with E-state index in [0.717, 1.165) is 40.8 Å². The quantitative estimate of drug-likeness (QED) is 0.435. The van der Waals surface area contributed by atoms with Gasteiger partial charge in [0, 0.05) is 11.3 Å². The number of amides is 1. The van der Waals surface area contributed by atoms with Crippen LogP contribution in [-0.2, 0) is 17.6 Å². The molecule has 0 saturated heterocycles. The van der Waals surface area contributed by atoms with E-state index in [1.807, 2.05) is 54.6 Å². The van der Waals surface area contributed by atoms with Crippen molar-refractivity contribution in [3.63, 3.8) is 0 Å². The molecule has 0 aliphatic rings. The zero-order chi connectivity index (χ0) is 20.8. The first-order valence-corrected chi connectivity index (χ1v) is 9.58. The van der Waals surface area contributed by atoms with E-state index in [-0.39, 0.29) is 11.7 Å². The van der Waals surface area contributed by atoms with Gasteiger partial charge in [0.1, 0.15) is 5.82 Å². The van der Waals surface area contributed by atoms with Crippen LogP contribution in [-0.4, -0.2) is 27.0 Å². The zero-order valence-corrected chi connectivity index (χ0v) is 16.1. The molecule has 0 spiro atoms. The van der Waals surface area contributed by atoms with Crippen LogP contribution in [0.2, 0.25) is 0 Å². The Morgan fingerprint density at radius 2 is 1.70 bits per heavy atom. The number of hydrogen-bond acceptors (Lipinski definition) is 4. The fraction of sp³-hybridized carbons (Fsp3) is 0.130. The summed E-state index contributed by atoms with van der Waals surface area (Å²) in [6.07, 6.45) is 2.16. The first-order valence-electron chi connectivity index (χ1n) is 9.58. The molecule has 3 aromatic carbocycles. The van der Waals surface area contributed by atoms with Crippen molar-refractivity contribution in [2.24, 2.45) is 0 Å². The van der Waals surface area contributed by atoms with Crippen LogP contribution in [0.15, 0.2) is 72.8 Å². The molecule has 1 amide bonds. The van der Waals surface area contributed by atoms with Crippen molar-refractivity contribution in [2.45, 2.75) is 18.8 Å². The van der Waals surface area contributed by atoms with Gasteiger partial charge in [-0.25, -0.2) is 4.39 Å². The molecule has 2 N–H and O–H groups in total. The Balaban J connectivity index is 1.62. The van der Waals surface area contributed by atoms with Gasteiger partial charge in [0.05, 0.1) is 0 Å². The van der Waals surface area contributed by atoms with Gasteiger partial charge in [-0.2, -0.15) is 5.21 Å². The molecule has 1 unspecified atom stereocenters. The standard InChI is InChI=1S/C23H20FN5O/c24-21-9-7-18(8-10-21)20(13-17-4-2-6-22(14-17)25-15-30)12-16-3-1-5-19(11-16)23-26-28-29-27-23/h1-11,14-15,20H,12-13H2,(H,25,30)(H,26,27,28,29). The molecule has 0 radical (unpaired) electrons. The molecule has 4 aromatic rings. The van der Waals surface area contributed by atoms with Crippen LogP contribution in [0.4, 0.5) is 10.1 Å². The highest BCUT2D eigenvalue weighted by molar-refractivity contribution is 5.71. The smallest absolute Gasteiger partial charge is 0.211 e. The molecule has 0 fully saturated rings. The molecule has 0 aliphatic carbocycles. The molecule has 7 heteroatoms. The summed E-state index contributed by atoms with van der Waals surface area (Å²) < 4.78 is 13.5. The van der Waals surface area contributed by atoms with Crippen molar-refractivity contribution in [2.75, 3.05) is 5.32 Å². The monoisotopic (exact) mass is 401 g/mol. The van der Waals surface area contributed by atoms with E-state index in [1.165, 1.54) is 12.1 Å². The summed E-state index contributed by atoms with van der Waals surface area (Å²) in [7, 11) is 0. The molecule has 30 heavy (non-hydrogen) atoms. The predicted molar refractivity (Wildman–Crippen MR) is 112 cm³/mol. The number of carbonyl (C=O) groups is 1. The van der Waals surface area contributed by atoms with E-state index in [2.05, 4.69) is 32.0 Å². The number of tetrazole rings is 1. The van der Waals surface area contributed by atoms with E-state index < -0.39 is 0 Å². The number of rotatable bonds is 8. The van der Waals surface area contributed by atoms with Crippen LogP contribution in [0.5, 0.6) is 0 Å². The number of halogens is 1. The lowest BCUT2D eigenvalue weighted by molar-refractivity contribution is -0.105. The van der Waals surface area contributed by atoms with Gasteiger partial charge in [0.25, 0.3) is 0 Å². The highest BCUT2D eigenvalue weighted by atomic mass is 19.1. The average molecular weight is 401 g/mol. The molecular formula is C23H20FN5O. The number of aromatic amines is 1. The number of nitrogens with one attached hydrogen (secondary N) is 2. The topological polar surface area (TPSA) is 83.6 Å². The Morgan fingerprint density at radius 1 is 0.967 bits per heavy atom. The molecule has 0 bridgehead atoms. The third-order valence-corrected chi connectivity index (χ3v) is 4.99. The van der Waals surface area contributed by atoms with Gasteiger partial charge in [-0.15, -0.1) is 10.2 Å². The largest absolute Gasteiger partial charge is 0.329 e. The summed E-state index contributed by atoms with van der Waals surface area (Å²) in [6, 6.07) is 22.4. The number of H-pyrrole nitrogens is 1. The highest BCUT2D eigenvalue weighted by Crippen LogP contribution is 2.28. The fourth-order valence-electron chi connectivity index (χ4n) is 3.59. The van der Waals surface area contributed by atoms with Crippen molar-refractivity contribution in [3.8, 4) is 11.4 Å². The fourth-order valence-corrected chi connectivity index (χ4v) is 3.59.